The zero-order chi connectivity index (χ0) is 14.5. The molecule has 1 aromatic rings. The second-order valence-corrected chi connectivity index (χ2v) is 5.29. The maximum Gasteiger partial charge on any atom is 0.317 e. The lowest BCUT2D eigenvalue weighted by Gasteiger charge is -2.28. The van der Waals surface area contributed by atoms with E-state index in [0.29, 0.717) is 5.75 Å². The molecule has 0 aliphatic carbocycles. The number of nitrogens with zero attached hydrogens (tertiary/aromatic N) is 2. The Hall–Kier alpha value is -1.59. The van der Waals surface area contributed by atoms with Crippen LogP contribution in [0.4, 0.5) is 0 Å². The van der Waals surface area contributed by atoms with E-state index in [-0.39, 0.29) is 12.6 Å². The number of carboxylic acid groups (broad SMARTS) is 1. The number of hydrogen-bond donors (Lipinski definition) is 2. The summed E-state index contributed by atoms with van der Waals surface area (Å²) in [6.45, 7) is 5.51. The number of aromatic hydroxyl groups is 1. The highest BCUT2D eigenvalue weighted by atomic mass is 16.4. The zero-order valence-corrected chi connectivity index (χ0v) is 11.8. The summed E-state index contributed by atoms with van der Waals surface area (Å²) in [5.41, 5.74) is 0.930. The van der Waals surface area contributed by atoms with Crippen LogP contribution in [-0.4, -0.2) is 58.7 Å². The smallest absolute Gasteiger partial charge is 0.317 e. The molecule has 1 aliphatic rings. The SMILES string of the molecule is CC(c1ccccc1O)N1CCCN(CC(=O)O)CC1. The first kappa shape index (κ1) is 14.8. The van der Waals surface area contributed by atoms with Crippen LogP contribution < -0.4 is 0 Å². The first-order chi connectivity index (χ1) is 9.58. The van der Waals surface area contributed by atoms with Crippen LogP contribution in [0.3, 0.4) is 0 Å². The van der Waals surface area contributed by atoms with Gasteiger partial charge < -0.3 is 10.2 Å². The van der Waals surface area contributed by atoms with E-state index < -0.39 is 5.97 Å². The van der Waals surface area contributed by atoms with Gasteiger partial charge in [0.15, 0.2) is 0 Å². The Morgan fingerprint density at radius 3 is 2.70 bits per heavy atom. The van der Waals surface area contributed by atoms with Crippen molar-refractivity contribution in [2.75, 3.05) is 32.7 Å². The molecule has 110 valence electrons. The van der Waals surface area contributed by atoms with Gasteiger partial charge in [0.1, 0.15) is 5.75 Å². The van der Waals surface area contributed by atoms with E-state index in [4.69, 9.17) is 5.11 Å². The molecule has 1 heterocycles. The summed E-state index contributed by atoms with van der Waals surface area (Å²) in [6.07, 6.45) is 0.950. The topological polar surface area (TPSA) is 64.0 Å². The zero-order valence-electron chi connectivity index (χ0n) is 11.8. The molecule has 1 aromatic carbocycles. The lowest BCUT2D eigenvalue weighted by molar-refractivity contribution is -0.138. The second-order valence-electron chi connectivity index (χ2n) is 5.29. The van der Waals surface area contributed by atoms with Gasteiger partial charge in [0.05, 0.1) is 6.54 Å². The maximum absolute atomic E-state index is 10.8. The summed E-state index contributed by atoms with van der Waals surface area (Å²) < 4.78 is 0. The predicted octanol–water partition coefficient (Wildman–Crippen LogP) is 1.55. The van der Waals surface area contributed by atoms with E-state index >= 15 is 0 Å². The van der Waals surface area contributed by atoms with Crippen molar-refractivity contribution >= 4 is 5.97 Å². The summed E-state index contributed by atoms with van der Waals surface area (Å²) in [5.74, 6) is -0.446. The van der Waals surface area contributed by atoms with Crippen molar-refractivity contribution in [1.82, 2.24) is 9.80 Å². The maximum atomic E-state index is 10.8. The fourth-order valence-corrected chi connectivity index (χ4v) is 2.77. The Labute approximate surface area is 119 Å². The minimum atomic E-state index is -0.771. The van der Waals surface area contributed by atoms with Crippen molar-refractivity contribution in [3.63, 3.8) is 0 Å². The molecule has 0 amide bonds. The summed E-state index contributed by atoms with van der Waals surface area (Å²) in [5, 5.41) is 18.8. The third kappa shape index (κ3) is 3.71. The van der Waals surface area contributed by atoms with Gasteiger partial charge in [0.2, 0.25) is 0 Å². The Morgan fingerprint density at radius 2 is 2.00 bits per heavy atom. The largest absolute Gasteiger partial charge is 0.508 e. The van der Waals surface area contributed by atoms with Crippen molar-refractivity contribution < 1.29 is 15.0 Å². The van der Waals surface area contributed by atoms with E-state index in [9.17, 15) is 9.90 Å². The van der Waals surface area contributed by atoms with Crippen LogP contribution in [0.25, 0.3) is 0 Å². The van der Waals surface area contributed by atoms with Crippen LogP contribution in [0.5, 0.6) is 5.75 Å². The Morgan fingerprint density at radius 1 is 1.25 bits per heavy atom. The molecule has 0 bridgehead atoms. The van der Waals surface area contributed by atoms with Gasteiger partial charge in [0.25, 0.3) is 0 Å². The Bertz CT molecular complexity index is 464. The van der Waals surface area contributed by atoms with Crippen molar-refractivity contribution in [1.29, 1.82) is 0 Å². The molecule has 5 heteroatoms. The number of hydrogen-bond acceptors (Lipinski definition) is 4. The minimum Gasteiger partial charge on any atom is -0.508 e. The van der Waals surface area contributed by atoms with E-state index in [2.05, 4.69) is 11.8 Å². The van der Waals surface area contributed by atoms with Crippen LogP contribution in [-0.2, 0) is 4.79 Å². The van der Waals surface area contributed by atoms with E-state index in [1.165, 1.54) is 0 Å². The number of para-hydroxylation sites is 1. The number of aliphatic carboxylic acids is 1. The van der Waals surface area contributed by atoms with Crippen LogP contribution >= 0.6 is 0 Å². The lowest BCUT2D eigenvalue weighted by Crippen LogP contribution is -2.35. The van der Waals surface area contributed by atoms with Gasteiger partial charge in [-0.15, -0.1) is 0 Å². The fourth-order valence-electron chi connectivity index (χ4n) is 2.77. The molecule has 1 aliphatic heterocycles. The van der Waals surface area contributed by atoms with E-state index in [0.717, 1.165) is 38.2 Å². The molecule has 20 heavy (non-hydrogen) atoms. The number of phenols is 1. The number of carboxylic acids is 1. The molecule has 2 N–H and O–H groups in total. The van der Waals surface area contributed by atoms with Gasteiger partial charge in [-0.1, -0.05) is 18.2 Å². The Kier molecular flexibility index (Phi) is 4.98. The average molecular weight is 278 g/mol. The average Bonchev–Trinajstić information content (AvgIpc) is 2.63. The second kappa shape index (κ2) is 6.72. The normalized spacial score (nSPS) is 19.4. The highest BCUT2D eigenvalue weighted by Crippen LogP contribution is 2.28. The van der Waals surface area contributed by atoms with Crippen molar-refractivity contribution in [2.45, 2.75) is 19.4 Å². The highest BCUT2D eigenvalue weighted by Gasteiger charge is 2.22. The first-order valence-corrected chi connectivity index (χ1v) is 7.04. The lowest BCUT2D eigenvalue weighted by atomic mass is 10.1. The van der Waals surface area contributed by atoms with Gasteiger partial charge in [-0.25, -0.2) is 0 Å². The third-order valence-corrected chi connectivity index (χ3v) is 3.92. The predicted molar refractivity (Wildman–Crippen MR) is 76.8 cm³/mol. The van der Waals surface area contributed by atoms with Crippen molar-refractivity contribution in [3.8, 4) is 5.75 Å². The first-order valence-electron chi connectivity index (χ1n) is 7.04. The van der Waals surface area contributed by atoms with Gasteiger partial charge in [-0.3, -0.25) is 14.6 Å². The molecular formula is C15H22N2O3. The molecule has 0 saturated carbocycles. The standard InChI is InChI=1S/C15H22N2O3/c1-12(13-5-2-3-6-14(13)18)17-8-4-7-16(9-10-17)11-15(19)20/h2-3,5-6,12,18H,4,7-11H2,1H3,(H,19,20). The molecule has 2 rings (SSSR count). The number of benzene rings is 1. The molecule has 1 atom stereocenters. The Balaban J connectivity index is 2.00. The summed E-state index contributed by atoms with van der Waals surface area (Å²) >= 11 is 0. The molecule has 5 nitrogen and oxygen atoms in total. The third-order valence-electron chi connectivity index (χ3n) is 3.92. The molecule has 0 radical (unpaired) electrons. The van der Waals surface area contributed by atoms with E-state index in [1.807, 2.05) is 23.1 Å². The van der Waals surface area contributed by atoms with Crippen LogP contribution in [0.1, 0.15) is 24.9 Å². The molecular weight excluding hydrogens is 256 g/mol. The molecule has 0 spiro atoms. The number of rotatable bonds is 4. The minimum absolute atomic E-state index is 0.110. The number of phenolic OH excluding ortho intramolecular Hbond substituents is 1. The van der Waals surface area contributed by atoms with Crippen molar-refractivity contribution in [2.24, 2.45) is 0 Å². The quantitative estimate of drug-likeness (QED) is 0.875. The number of carbonyl (C=O) groups is 1. The fraction of sp³-hybridized carbons (Fsp3) is 0.533. The van der Waals surface area contributed by atoms with E-state index in [1.54, 1.807) is 6.07 Å². The van der Waals surface area contributed by atoms with Gasteiger partial charge in [-0.05, 0) is 19.4 Å². The molecule has 1 fully saturated rings. The van der Waals surface area contributed by atoms with Gasteiger partial charge in [-0.2, -0.15) is 0 Å². The summed E-state index contributed by atoms with van der Waals surface area (Å²) in [7, 11) is 0. The van der Waals surface area contributed by atoms with Gasteiger partial charge >= 0.3 is 5.97 Å². The molecule has 1 unspecified atom stereocenters. The van der Waals surface area contributed by atoms with Crippen molar-refractivity contribution in [3.05, 3.63) is 29.8 Å². The molecule has 1 saturated heterocycles. The summed E-state index contributed by atoms with van der Waals surface area (Å²) in [4.78, 5) is 15.0. The monoisotopic (exact) mass is 278 g/mol. The van der Waals surface area contributed by atoms with Crippen LogP contribution in [0.2, 0.25) is 0 Å². The van der Waals surface area contributed by atoms with Crippen LogP contribution in [0, 0.1) is 0 Å². The summed E-state index contributed by atoms with van der Waals surface area (Å²) in [6, 6.07) is 7.55. The van der Waals surface area contributed by atoms with Gasteiger partial charge in [0, 0.05) is 37.8 Å². The molecule has 0 aromatic heterocycles. The highest BCUT2D eigenvalue weighted by molar-refractivity contribution is 5.69. The van der Waals surface area contributed by atoms with Crippen LogP contribution in [0.15, 0.2) is 24.3 Å².